The Morgan fingerprint density at radius 3 is 0.827 bits per heavy atom. The van der Waals surface area contributed by atoms with E-state index in [1.807, 2.05) is 0 Å². The van der Waals surface area contributed by atoms with Crippen LogP contribution in [0.3, 0.4) is 0 Å². The number of rotatable bonds is 57. The molecule has 0 saturated carbocycles. The van der Waals surface area contributed by atoms with Gasteiger partial charge >= 0.3 is 17.9 Å². The van der Waals surface area contributed by atoms with Gasteiger partial charge in [0.1, 0.15) is 13.2 Å². The summed E-state index contributed by atoms with van der Waals surface area (Å²) >= 11 is 0. The first-order valence-electron chi connectivity index (χ1n) is 31.7. The van der Waals surface area contributed by atoms with Gasteiger partial charge in [-0.05, 0) is 103 Å². The first-order chi connectivity index (χ1) is 37.0. The van der Waals surface area contributed by atoms with E-state index in [0.29, 0.717) is 19.3 Å². The lowest BCUT2D eigenvalue weighted by molar-refractivity contribution is -0.167. The maximum atomic E-state index is 12.9. The predicted octanol–water partition coefficient (Wildman–Crippen LogP) is 21.7. The summed E-state index contributed by atoms with van der Waals surface area (Å²) in [5.41, 5.74) is 0. The van der Waals surface area contributed by atoms with E-state index in [2.05, 4.69) is 118 Å². The zero-order valence-electron chi connectivity index (χ0n) is 49.3. The van der Waals surface area contributed by atoms with Crippen molar-refractivity contribution in [2.24, 2.45) is 0 Å². The number of carbonyl (C=O) groups is 3. The van der Waals surface area contributed by atoms with Crippen molar-refractivity contribution in [2.45, 2.75) is 309 Å². The van der Waals surface area contributed by atoms with Gasteiger partial charge < -0.3 is 14.2 Å². The van der Waals surface area contributed by atoms with Gasteiger partial charge in [0, 0.05) is 19.3 Å². The van der Waals surface area contributed by atoms with E-state index < -0.39 is 6.10 Å². The fourth-order valence-corrected chi connectivity index (χ4v) is 8.83. The van der Waals surface area contributed by atoms with E-state index in [1.165, 1.54) is 128 Å². The lowest BCUT2D eigenvalue weighted by atomic mass is 10.0. The topological polar surface area (TPSA) is 78.9 Å². The molecule has 0 rings (SSSR count). The standard InChI is InChI=1S/C69H118O6/c1-4-7-10-13-16-19-22-25-28-30-31-32-33-34-35-36-37-38-39-40-42-44-47-50-53-56-59-62-68(71)74-65-66(64-73-67(70)61-58-55-52-49-46-43-27-24-21-18-15-12-9-6-3)75-69(72)63-60-57-54-51-48-45-41-29-26-23-20-17-14-11-8-5-2/h7,10,16,19,25,28-29,31-32,34-35,37-38,40-42,66H,4-6,8-9,11-15,17-18,20-24,26-27,30,33,36,39,43-65H2,1-3H3/b10-7-,19-16-,28-25-,32-31-,35-34-,38-37-,41-29-,42-40-. The van der Waals surface area contributed by atoms with Crippen molar-refractivity contribution in [1.82, 2.24) is 0 Å². The molecule has 0 spiro atoms. The van der Waals surface area contributed by atoms with Crippen molar-refractivity contribution < 1.29 is 28.6 Å². The highest BCUT2D eigenvalue weighted by atomic mass is 16.6. The Morgan fingerprint density at radius 1 is 0.280 bits per heavy atom. The van der Waals surface area contributed by atoms with Gasteiger partial charge in [0.15, 0.2) is 6.10 Å². The van der Waals surface area contributed by atoms with Crippen molar-refractivity contribution in [3.05, 3.63) is 97.2 Å². The van der Waals surface area contributed by atoms with E-state index in [4.69, 9.17) is 14.2 Å². The summed E-state index contributed by atoms with van der Waals surface area (Å²) in [5.74, 6) is -0.903. The summed E-state index contributed by atoms with van der Waals surface area (Å²) in [6.45, 7) is 6.53. The average Bonchev–Trinajstić information content (AvgIpc) is 3.41. The van der Waals surface area contributed by atoms with Crippen LogP contribution in [-0.4, -0.2) is 37.2 Å². The monoisotopic (exact) mass is 1040 g/mol. The molecule has 0 radical (unpaired) electrons. The van der Waals surface area contributed by atoms with Gasteiger partial charge in [0.2, 0.25) is 0 Å². The largest absolute Gasteiger partial charge is 0.462 e. The van der Waals surface area contributed by atoms with Crippen LogP contribution in [0.15, 0.2) is 97.2 Å². The first kappa shape index (κ1) is 71.3. The molecule has 6 nitrogen and oxygen atoms in total. The summed E-state index contributed by atoms with van der Waals surface area (Å²) in [4.78, 5) is 38.3. The SMILES string of the molecule is CC/C=C\C/C=C\C/C=C\C/C=C\C/C=C\C/C=C\C/C=C\CCCCCCCC(=O)OCC(COC(=O)CCCCCCCCCCCCCCCC)OC(=O)CCCCCCC/C=C\CCCCCCCCC. The van der Waals surface area contributed by atoms with Gasteiger partial charge in [0.05, 0.1) is 0 Å². The van der Waals surface area contributed by atoms with Gasteiger partial charge in [-0.3, -0.25) is 14.4 Å². The maximum Gasteiger partial charge on any atom is 0.306 e. The Hall–Kier alpha value is -3.67. The zero-order chi connectivity index (χ0) is 54.3. The number of esters is 3. The summed E-state index contributed by atoms with van der Waals surface area (Å²) < 4.78 is 16.9. The highest BCUT2D eigenvalue weighted by Gasteiger charge is 2.19. The molecule has 0 saturated heterocycles. The molecule has 0 aliphatic heterocycles. The fraction of sp³-hybridized carbons (Fsp3) is 0.725. The Labute approximate surface area is 464 Å². The predicted molar refractivity (Wildman–Crippen MR) is 325 cm³/mol. The van der Waals surface area contributed by atoms with Crippen LogP contribution in [0.1, 0.15) is 303 Å². The van der Waals surface area contributed by atoms with E-state index in [0.717, 1.165) is 135 Å². The Bertz CT molecular complexity index is 1480. The van der Waals surface area contributed by atoms with Crippen LogP contribution < -0.4 is 0 Å². The van der Waals surface area contributed by atoms with Gasteiger partial charge in [-0.15, -0.1) is 0 Å². The molecule has 0 aromatic rings. The van der Waals surface area contributed by atoms with E-state index >= 15 is 0 Å². The van der Waals surface area contributed by atoms with Crippen LogP contribution in [-0.2, 0) is 28.6 Å². The third kappa shape index (κ3) is 61.1. The normalized spacial score (nSPS) is 12.7. The minimum absolute atomic E-state index is 0.0846. The Balaban J connectivity index is 4.37. The second-order valence-corrected chi connectivity index (χ2v) is 20.9. The van der Waals surface area contributed by atoms with E-state index in [-0.39, 0.29) is 31.1 Å². The highest BCUT2D eigenvalue weighted by molar-refractivity contribution is 5.71. The molecule has 1 unspecified atom stereocenters. The van der Waals surface area contributed by atoms with E-state index in [9.17, 15) is 14.4 Å². The zero-order valence-corrected chi connectivity index (χ0v) is 49.3. The fourth-order valence-electron chi connectivity index (χ4n) is 8.83. The van der Waals surface area contributed by atoms with Gasteiger partial charge in [0.25, 0.3) is 0 Å². The van der Waals surface area contributed by atoms with Gasteiger partial charge in [-0.2, -0.15) is 0 Å². The Kier molecular flexibility index (Phi) is 59.8. The van der Waals surface area contributed by atoms with Gasteiger partial charge in [-0.25, -0.2) is 0 Å². The quantitative estimate of drug-likeness (QED) is 0.0261. The molecule has 1 atom stereocenters. The van der Waals surface area contributed by atoms with Crippen molar-refractivity contribution in [3.8, 4) is 0 Å². The molecule has 0 aromatic heterocycles. The van der Waals surface area contributed by atoms with Crippen molar-refractivity contribution >= 4 is 17.9 Å². The maximum absolute atomic E-state index is 12.9. The minimum atomic E-state index is -0.790. The number of carbonyl (C=O) groups excluding carboxylic acids is 3. The number of ether oxygens (including phenoxy) is 3. The first-order valence-corrected chi connectivity index (χ1v) is 31.7. The highest BCUT2D eigenvalue weighted by Crippen LogP contribution is 2.16. The summed E-state index contributed by atoms with van der Waals surface area (Å²) in [5, 5.41) is 0. The van der Waals surface area contributed by atoms with Crippen LogP contribution in [0, 0.1) is 0 Å². The van der Waals surface area contributed by atoms with Crippen molar-refractivity contribution in [2.75, 3.05) is 13.2 Å². The molecule has 6 heteroatoms. The van der Waals surface area contributed by atoms with Crippen LogP contribution in [0.4, 0.5) is 0 Å². The molecule has 0 N–H and O–H groups in total. The smallest absolute Gasteiger partial charge is 0.306 e. The van der Waals surface area contributed by atoms with Crippen LogP contribution in [0.5, 0.6) is 0 Å². The average molecular weight is 1040 g/mol. The third-order valence-electron chi connectivity index (χ3n) is 13.6. The second-order valence-electron chi connectivity index (χ2n) is 20.9. The molecule has 0 amide bonds. The minimum Gasteiger partial charge on any atom is -0.462 e. The van der Waals surface area contributed by atoms with Gasteiger partial charge in [-0.1, -0.05) is 279 Å². The van der Waals surface area contributed by atoms with E-state index in [1.54, 1.807) is 0 Å². The molecule has 0 aliphatic rings. The lowest BCUT2D eigenvalue weighted by Crippen LogP contribution is -2.30. The summed E-state index contributed by atoms with van der Waals surface area (Å²) in [6.07, 6.45) is 84.0. The number of hydrogen-bond acceptors (Lipinski definition) is 6. The second kappa shape index (κ2) is 62.9. The molecule has 430 valence electrons. The molecule has 0 aliphatic carbocycles. The Morgan fingerprint density at radius 2 is 0.520 bits per heavy atom. The lowest BCUT2D eigenvalue weighted by Gasteiger charge is -2.18. The van der Waals surface area contributed by atoms with Crippen molar-refractivity contribution in [1.29, 1.82) is 0 Å². The van der Waals surface area contributed by atoms with Crippen LogP contribution >= 0.6 is 0 Å². The molecule has 0 heterocycles. The molecule has 0 bridgehead atoms. The van der Waals surface area contributed by atoms with Crippen molar-refractivity contribution in [3.63, 3.8) is 0 Å². The number of unbranched alkanes of at least 4 members (excludes halogenated alkanes) is 30. The molecular formula is C69H118O6. The number of allylic oxidation sites excluding steroid dienone is 16. The van der Waals surface area contributed by atoms with Crippen LogP contribution in [0.25, 0.3) is 0 Å². The third-order valence-corrected chi connectivity index (χ3v) is 13.6. The summed E-state index contributed by atoms with van der Waals surface area (Å²) in [6, 6.07) is 0. The molecule has 0 aromatic carbocycles. The number of hydrogen-bond donors (Lipinski definition) is 0. The molecular weight excluding hydrogens is 925 g/mol. The summed E-state index contributed by atoms with van der Waals surface area (Å²) in [7, 11) is 0. The van der Waals surface area contributed by atoms with Crippen LogP contribution in [0.2, 0.25) is 0 Å². The molecule has 75 heavy (non-hydrogen) atoms. The molecule has 0 fully saturated rings.